The van der Waals surface area contributed by atoms with Gasteiger partial charge in [0.25, 0.3) is 0 Å². The number of allylic oxidation sites excluding steroid dienone is 1. The lowest BCUT2D eigenvalue weighted by atomic mass is 10.3. The van der Waals surface area contributed by atoms with Crippen molar-refractivity contribution in [3.05, 3.63) is 36.9 Å². The summed E-state index contributed by atoms with van der Waals surface area (Å²) in [6.45, 7) is 6.18. The Bertz CT molecular complexity index is 449. The highest BCUT2D eigenvalue weighted by atomic mass is 32.2. The molecule has 0 unspecified atom stereocenters. The quantitative estimate of drug-likeness (QED) is 0.600. The van der Waals surface area contributed by atoms with E-state index in [0.29, 0.717) is 4.90 Å². The molecule has 0 amide bonds. The molecule has 0 saturated heterocycles. The van der Waals surface area contributed by atoms with E-state index in [-0.39, 0.29) is 5.75 Å². The van der Waals surface area contributed by atoms with E-state index in [1.165, 1.54) is 0 Å². The molecule has 0 heterocycles. The van der Waals surface area contributed by atoms with Gasteiger partial charge in [-0.2, -0.15) is 0 Å². The second-order valence-electron chi connectivity index (χ2n) is 3.79. The van der Waals surface area contributed by atoms with Gasteiger partial charge in [-0.3, -0.25) is 0 Å². The number of rotatable bonds is 7. The molecule has 0 saturated carbocycles. The smallest absolute Gasteiger partial charge is 0.178 e. The highest BCUT2D eigenvalue weighted by molar-refractivity contribution is 7.91. The topological polar surface area (TPSA) is 46.2 Å². The van der Waals surface area contributed by atoms with Crippen LogP contribution in [0.4, 0.5) is 5.69 Å². The average molecular weight is 253 g/mol. The summed E-state index contributed by atoms with van der Waals surface area (Å²) in [4.78, 5) is 0.386. The summed E-state index contributed by atoms with van der Waals surface area (Å²) in [5.74, 6) is 0.138. The molecule has 0 bridgehead atoms. The molecule has 1 rings (SSSR count). The van der Waals surface area contributed by atoms with E-state index >= 15 is 0 Å². The van der Waals surface area contributed by atoms with Crippen LogP contribution in [0.1, 0.15) is 19.8 Å². The summed E-state index contributed by atoms with van der Waals surface area (Å²) in [5.41, 5.74) is 0.948. The summed E-state index contributed by atoms with van der Waals surface area (Å²) in [5, 5.41) is 3.23. The number of benzene rings is 1. The fourth-order valence-electron chi connectivity index (χ4n) is 1.43. The molecule has 0 atom stereocenters. The normalized spacial score (nSPS) is 11.1. The van der Waals surface area contributed by atoms with Crippen molar-refractivity contribution in [3.8, 4) is 0 Å². The molecule has 1 N–H and O–H groups in total. The maximum absolute atomic E-state index is 11.6. The third-order valence-corrected chi connectivity index (χ3v) is 4.26. The third-order valence-electron chi connectivity index (χ3n) is 2.51. The zero-order valence-electron chi connectivity index (χ0n) is 10.1. The molecule has 3 nitrogen and oxygen atoms in total. The Morgan fingerprint density at radius 1 is 1.29 bits per heavy atom. The Hall–Kier alpha value is -1.29. The van der Waals surface area contributed by atoms with E-state index in [1.54, 1.807) is 31.2 Å². The summed E-state index contributed by atoms with van der Waals surface area (Å²) >= 11 is 0. The number of nitrogens with one attached hydrogen (secondary N) is 1. The van der Waals surface area contributed by atoms with E-state index < -0.39 is 9.84 Å². The predicted octanol–water partition coefficient (Wildman–Crippen LogP) is 2.86. The Morgan fingerprint density at radius 2 is 1.94 bits per heavy atom. The van der Waals surface area contributed by atoms with E-state index in [9.17, 15) is 8.42 Å². The SMILES string of the molecule is C=CCCCNc1ccc(S(=O)(=O)CC)cc1. The highest BCUT2D eigenvalue weighted by Crippen LogP contribution is 2.15. The molecule has 0 spiro atoms. The van der Waals surface area contributed by atoms with Crippen molar-refractivity contribution >= 4 is 15.5 Å². The van der Waals surface area contributed by atoms with Crippen LogP contribution in [0.25, 0.3) is 0 Å². The van der Waals surface area contributed by atoms with E-state index in [2.05, 4.69) is 11.9 Å². The van der Waals surface area contributed by atoms with E-state index in [4.69, 9.17) is 0 Å². The zero-order chi connectivity index (χ0) is 12.7. The Balaban J connectivity index is 2.59. The van der Waals surface area contributed by atoms with E-state index in [1.807, 2.05) is 6.08 Å². The lowest BCUT2D eigenvalue weighted by Gasteiger charge is -2.06. The average Bonchev–Trinajstić information content (AvgIpc) is 2.35. The van der Waals surface area contributed by atoms with Gasteiger partial charge in [-0.05, 0) is 37.1 Å². The van der Waals surface area contributed by atoms with Crippen molar-refractivity contribution in [2.24, 2.45) is 0 Å². The van der Waals surface area contributed by atoms with Gasteiger partial charge in [0.2, 0.25) is 0 Å². The first-order valence-electron chi connectivity index (χ1n) is 5.77. The molecule has 17 heavy (non-hydrogen) atoms. The fraction of sp³-hybridized carbons (Fsp3) is 0.385. The molecule has 0 aromatic heterocycles. The van der Waals surface area contributed by atoms with Gasteiger partial charge in [-0.15, -0.1) is 6.58 Å². The predicted molar refractivity (Wildman–Crippen MR) is 72.1 cm³/mol. The number of hydrogen-bond donors (Lipinski definition) is 1. The largest absolute Gasteiger partial charge is 0.385 e. The van der Waals surface area contributed by atoms with Gasteiger partial charge in [0.05, 0.1) is 10.6 Å². The number of anilines is 1. The van der Waals surface area contributed by atoms with Crippen LogP contribution in [-0.4, -0.2) is 20.7 Å². The first-order chi connectivity index (χ1) is 8.10. The minimum absolute atomic E-state index is 0.138. The molecule has 0 aliphatic heterocycles. The Morgan fingerprint density at radius 3 is 2.47 bits per heavy atom. The van der Waals surface area contributed by atoms with E-state index in [0.717, 1.165) is 25.1 Å². The monoisotopic (exact) mass is 253 g/mol. The van der Waals surface area contributed by atoms with Crippen LogP contribution in [0.5, 0.6) is 0 Å². The molecule has 94 valence electrons. The van der Waals surface area contributed by atoms with Gasteiger partial charge in [0.1, 0.15) is 0 Å². The second-order valence-corrected chi connectivity index (χ2v) is 6.06. The van der Waals surface area contributed by atoms with Crippen LogP contribution >= 0.6 is 0 Å². The number of hydrogen-bond acceptors (Lipinski definition) is 3. The van der Waals surface area contributed by atoms with Gasteiger partial charge < -0.3 is 5.32 Å². The molecule has 0 radical (unpaired) electrons. The van der Waals surface area contributed by atoms with Gasteiger partial charge in [-0.25, -0.2) is 8.42 Å². The van der Waals surface area contributed by atoms with Crippen LogP contribution in [-0.2, 0) is 9.84 Å². The first-order valence-corrected chi connectivity index (χ1v) is 7.43. The van der Waals surface area contributed by atoms with Gasteiger partial charge in [0, 0.05) is 12.2 Å². The van der Waals surface area contributed by atoms with Crippen molar-refractivity contribution in [2.75, 3.05) is 17.6 Å². The molecule has 0 aliphatic carbocycles. The summed E-state index contributed by atoms with van der Waals surface area (Å²) in [6.07, 6.45) is 3.90. The molecule has 1 aromatic rings. The van der Waals surface area contributed by atoms with Gasteiger partial charge in [0.15, 0.2) is 9.84 Å². The summed E-state index contributed by atoms with van der Waals surface area (Å²) in [7, 11) is -3.09. The molecular formula is C13H19NO2S. The molecule has 1 aromatic carbocycles. The van der Waals surface area contributed by atoms with Crippen LogP contribution in [0.3, 0.4) is 0 Å². The number of unbranched alkanes of at least 4 members (excludes halogenated alkanes) is 1. The van der Waals surface area contributed by atoms with Crippen molar-refractivity contribution in [3.63, 3.8) is 0 Å². The minimum atomic E-state index is -3.09. The van der Waals surface area contributed by atoms with Crippen LogP contribution in [0, 0.1) is 0 Å². The highest BCUT2D eigenvalue weighted by Gasteiger charge is 2.10. The van der Waals surface area contributed by atoms with Crippen LogP contribution < -0.4 is 5.32 Å². The minimum Gasteiger partial charge on any atom is -0.385 e. The Kier molecular flexibility index (Phi) is 5.22. The second kappa shape index (κ2) is 6.45. The van der Waals surface area contributed by atoms with Gasteiger partial charge >= 0.3 is 0 Å². The van der Waals surface area contributed by atoms with Crippen LogP contribution in [0.2, 0.25) is 0 Å². The van der Waals surface area contributed by atoms with Crippen molar-refractivity contribution in [2.45, 2.75) is 24.7 Å². The lowest BCUT2D eigenvalue weighted by molar-refractivity contribution is 0.597. The summed E-state index contributed by atoms with van der Waals surface area (Å²) in [6, 6.07) is 6.90. The van der Waals surface area contributed by atoms with Crippen molar-refractivity contribution in [1.82, 2.24) is 0 Å². The lowest BCUT2D eigenvalue weighted by Crippen LogP contribution is -2.04. The molecule has 0 aliphatic rings. The zero-order valence-corrected chi connectivity index (χ0v) is 11.0. The van der Waals surface area contributed by atoms with Gasteiger partial charge in [-0.1, -0.05) is 13.0 Å². The van der Waals surface area contributed by atoms with Crippen molar-refractivity contribution < 1.29 is 8.42 Å². The molecule has 4 heteroatoms. The Labute approximate surface area is 103 Å². The van der Waals surface area contributed by atoms with Crippen molar-refractivity contribution in [1.29, 1.82) is 0 Å². The third kappa shape index (κ3) is 4.23. The number of sulfone groups is 1. The standard InChI is InChI=1S/C13H19NO2S/c1-3-5-6-11-14-12-7-9-13(10-8-12)17(15,16)4-2/h3,7-10,14H,1,4-6,11H2,2H3. The van der Waals surface area contributed by atoms with Crippen LogP contribution in [0.15, 0.2) is 41.8 Å². The summed E-state index contributed by atoms with van der Waals surface area (Å²) < 4.78 is 23.2. The maximum atomic E-state index is 11.6. The first kappa shape index (κ1) is 13.8. The fourth-order valence-corrected chi connectivity index (χ4v) is 2.31. The maximum Gasteiger partial charge on any atom is 0.178 e. The molecule has 0 fully saturated rings. The molecular weight excluding hydrogens is 234 g/mol.